The summed E-state index contributed by atoms with van der Waals surface area (Å²) in [7, 11) is 5.35. The number of hydrogen-bond acceptors (Lipinski definition) is 4. The lowest BCUT2D eigenvalue weighted by Gasteiger charge is -2.14. The lowest BCUT2D eigenvalue weighted by atomic mass is 10.1. The highest BCUT2D eigenvalue weighted by Crippen LogP contribution is 2.35. The maximum Gasteiger partial charge on any atom is 0.135 e. The van der Waals surface area contributed by atoms with E-state index in [-0.39, 0.29) is 0 Å². The van der Waals surface area contributed by atoms with E-state index in [2.05, 4.69) is 5.32 Å². The van der Waals surface area contributed by atoms with E-state index in [0.29, 0.717) is 0 Å². The predicted octanol–water partition coefficient (Wildman–Crippen LogP) is 2.19. The van der Waals surface area contributed by atoms with Crippen molar-refractivity contribution in [1.29, 1.82) is 0 Å². The van der Waals surface area contributed by atoms with Crippen molar-refractivity contribution >= 4 is 11.8 Å². The van der Waals surface area contributed by atoms with Gasteiger partial charge >= 0.3 is 0 Å². The van der Waals surface area contributed by atoms with Gasteiger partial charge in [0.15, 0.2) is 0 Å². The van der Waals surface area contributed by atoms with E-state index in [0.717, 1.165) is 29.4 Å². The number of rotatable bonds is 6. The Morgan fingerprint density at radius 1 is 1.25 bits per heavy atom. The highest BCUT2D eigenvalue weighted by molar-refractivity contribution is 7.98. The van der Waals surface area contributed by atoms with Gasteiger partial charge in [0.1, 0.15) is 11.5 Å². The van der Waals surface area contributed by atoms with Crippen LogP contribution >= 0.6 is 11.8 Å². The monoisotopic (exact) mass is 241 g/mol. The topological polar surface area (TPSA) is 30.5 Å². The molecule has 0 heterocycles. The number of thioether (sulfide) groups is 1. The van der Waals surface area contributed by atoms with Gasteiger partial charge in [-0.05, 0) is 38.4 Å². The van der Waals surface area contributed by atoms with Crippen molar-refractivity contribution < 1.29 is 9.47 Å². The van der Waals surface area contributed by atoms with E-state index in [1.807, 2.05) is 25.4 Å². The molecule has 90 valence electrons. The molecule has 0 fully saturated rings. The zero-order valence-corrected chi connectivity index (χ0v) is 11.1. The summed E-state index contributed by atoms with van der Waals surface area (Å²) in [4.78, 5) is 1.12. The summed E-state index contributed by atoms with van der Waals surface area (Å²) in [5, 5.41) is 3.14. The molecule has 0 unspecified atom stereocenters. The Hall–Kier alpha value is -0.870. The summed E-state index contributed by atoms with van der Waals surface area (Å²) in [5.41, 5.74) is 1.18. The second-order valence-electron chi connectivity index (χ2n) is 3.38. The molecule has 0 aliphatic rings. The molecule has 0 saturated carbocycles. The van der Waals surface area contributed by atoms with Crippen LogP contribution in [0.1, 0.15) is 5.56 Å². The Balaban J connectivity index is 3.09. The number of hydrogen-bond donors (Lipinski definition) is 1. The van der Waals surface area contributed by atoms with Crippen molar-refractivity contribution in [2.75, 3.05) is 34.1 Å². The Kier molecular flexibility index (Phi) is 5.49. The number of likely N-dealkylation sites (N-methyl/N-ethyl adjacent to an activating group) is 1. The standard InChI is InChI=1S/C12H19NO2S/c1-13-6-5-9-7-10(14-2)8-11(16-4)12(9)15-3/h7-8,13H,5-6H2,1-4H3. The first-order valence-electron chi connectivity index (χ1n) is 5.20. The molecule has 4 heteroatoms. The molecule has 0 radical (unpaired) electrons. The molecular weight excluding hydrogens is 222 g/mol. The Bertz CT molecular complexity index is 342. The zero-order chi connectivity index (χ0) is 12.0. The molecule has 1 rings (SSSR count). The number of methoxy groups -OCH3 is 2. The third-order valence-electron chi connectivity index (χ3n) is 2.41. The summed E-state index contributed by atoms with van der Waals surface area (Å²) in [6.45, 7) is 0.928. The van der Waals surface area contributed by atoms with Crippen LogP contribution in [0, 0.1) is 0 Å². The van der Waals surface area contributed by atoms with Gasteiger partial charge < -0.3 is 14.8 Å². The molecular formula is C12H19NO2S. The minimum atomic E-state index is 0.885. The van der Waals surface area contributed by atoms with E-state index in [4.69, 9.17) is 9.47 Å². The van der Waals surface area contributed by atoms with E-state index < -0.39 is 0 Å². The zero-order valence-electron chi connectivity index (χ0n) is 10.3. The first-order chi connectivity index (χ1) is 7.76. The quantitative estimate of drug-likeness (QED) is 0.773. The number of benzene rings is 1. The van der Waals surface area contributed by atoms with Crippen molar-refractivity contribution in [3.8, 4) is 11.5 Å². The molecule has 0 spiro atoms. The van der Waals surface area contributed by atoms with E-state index in [9.17, 15) is 0 Å². The fourth-order valence-corrected chi connectivity index (χ4v) is 2.21. The second kappa shape index (κ2) is 6.66. The van der Waals surface area contributed by atoms with Gasteiger partial charge in [-0.15, -0.1) is 11.8 Å². The van der Waals surface area contributed by atoms with Crippen LogP contribution in [0.15, 0.2) is 17.0 Å². The Morgan fingerprint density at radius 3 is 2.50 bits per heavy atom. The van der Waals surface area contributed by atoms with E-state index in [1.54, 1.807) is 26.0 Å². The lowest BCUT2D eigenvalue weighted by molar-refractivity contribution is 0.389. The molecule has 0 aliphatic heterocycles. The Morgan fingerprint density at radius 2 is 2.00 bits per heavy atom. The van der Waals surface area contributed by atoms with Gasteiger partial charge in [-0.25, -0.2) is 0 Å². The molecule has 0 amide bonds. The van der Waals surface area contributed by atoms with Gasteiger partial charge in [-0.3, -0.25) is 0 Å². The molecule has 3 nitrogen and oxygen atoms in total. The van der Waals surface area contributed by atoms with Crippen molar-refractivity contribution in [2.45, 2.75) is 11.3 Å². The smallest absolute Gasteiger partial charge is 0.135 e. The molecule has 0 atom stereocenters. The van der Waals surface area contributed by atoms with Crippen LogP contribution in [0.5, 0.6) is 11.5 Å². The molecule has 0 aromatic heterocycles. The summed E-state index contributed by atoms with van der Waals surface area (Å²) in [5.74, 6) is 1.85. The molecule has 1 aromatic rings. The van der Waals surface area contributed by atoms with Crippen LogP contribution in [0.25, 0.3) is 0 Å². The lowest BCUT2D eigenvalue weighted by Crippen LogP contribution is -2.11. The maximum absolute atomic E-state index is 5.46. The van der Waals surface area contributed by atoms with Crippen LogP contribution in [-0.4, -0.2) is 34.1 Å². The Labute approximate surface area is 102 Å². The van der Waals surface area contributed by atoms with Crippen LogP contribution < -0.4 is 14.8 Å². The minimum absolute atomic E-state index is 0.885. The van der Waals surface area contributed by atoms with Crippen LogP contribution in [0.3, 0.4) is 0 Å². The SMILES string of the molecule is CNCCc1cc(OC)cc(SC)c1OC. The summed E-state index contributed by atoms with van der Waals surface area (Å²) in [6, 6.07) is 4.04. The molecule has 0 aliphatic carbocycles. The fraction of sp³-hybridized carbons (Fsp3) is 0.500. The predicted molar refractivity (Wildman–Crippen MR) is 69.0 cm³/mol. The van der Waals surface area contributed by atoms with Gasteiger partial charge in [0.2, 0.25) is 0 Å². The van der Waals surface area contributed by atoms with Crippen molar-refractivity contribution in [2.24, 2.45) is 0 Å². The number of ether oxygens (including phenoxy) is 2. The van der Waals surface area contributed by atoms with Crippen LogP contribution in [0.2, 0.25) is 0 Å². The van der Waals surface area contributed by atoms with Gasteiger partial charge in [-0.1, -0.05) is 0 Å². The second-order valence-corrected chi connectivity index (χ2v) is 4.22. The summed E-state index contributed by atoms with van der Waals surface area (Å²) < 4.78 is 10.7. The van der Waals surface area contributed by atoms with Gasteiger partial charge in [0.05, 0.1) is 19.1 Å². The number of nitrogens with one attached hydrogen (secondary N) is 1. The maximum atomic E-state index is 5.46. The van der Waals surface area contributed by atoms with Crippen LogP contribution in [-0.2, 0) is 6.42 Å². The third kappa shape index (κ3) is 3.06. The molecule has 1 N–H and O–H groups in total. The van der Waals surface area contributed by atoms with Gasteiger partial charge in [-0.2, -0.15) is 0 Å². The minimum Gasteiger partial charge on any atom is -0.497 e. The third-order valence-corrected chi connectivity index (χ3v) is 3.15. The first-order valence-corrected chi connectivity index (χ1v) is 6.42. The van der Waals surface area contributed by atoms with Gasteiger partial charge in [0.25, 0.3) is 0 Å². The average Bonchev–Trinajstić information content (AvgIpc) is 2.34. The first kappa shape index (κ1) is 13.2. The molecule has 0 saturated heterocycles. The van der Waals surface area contributed by atoms with Gasteiger partial charge in [0, 0.05) is 5.56 Å². The molecule has 1 aromatic carbocycles. The van der Waals surface area contributed by atoms with Crippen molar-refractivity contribution in [3.05, 3.63) is 17.7 Å². The van der Waals surface area contributed by atoms with E-state index >= 15 is 0 Å². The molecule has 16 heavy (non-hydrogen) atoms. The van der Waals surface area contributed by atoms with Crippen molar-refractivity contribution in [3.63, 3.8) is 0 Å². The van der Waals surface area contributed by atoms with E-state index in [1.165, 1.54) is 5.56 Å². The highest BCUT2D eigenvalue weighted by atomic mass is 32.2. The normalized spacial score (nSPS) is 10.2. The highest BCUT2D eigenvalue weighted by Gasteiger charge is 2.11. The van der Waals surface area contributed by atoms with Crippen molar-refractivity contribution in [1.82, 2.24) is 5.32 Å². The average molecular weight is 241 g/mol. The van der Waals surface area contributed by atoms with Crippen LogP contribution in [0.4, 0.5) is 0 Å². The summed E-state index contributed by atoms with van der Waals surface area (Å²) in [6.07, 6.45) is 2.98. The molecule has 0 bridgehead atoms. The fourth-order valence-electron chi connectivity index (χ4n) is 1.58. The summed E-state index contributed by atoms with van der Waals surface area (Å²) >= 11 is 1.67. The largest absolute Gasteiger partial charge is 0.497 e.